The zero-order chi connectivity index (χ0) is 14.0. The maximum atomic E-state index is 13.5. The molecule has 0 aromatic heterocycles. The Morgan fingerprint density at radius 1 is 1.05 bits per heavy atom. The predicted molar refractivity (Wildman–Crippen MR) is 65.0 cm³/mol. The van der Waals surface area contributed by atoms with Gasteiger partial charge in [-0.3, -0.25) is 0 Å². The minimum absolute atomic E-state index is 0.185. The number of anilines is 1. The van der Waals surface area contributed by atoms with Gasteiger partial charge in [-0.05, 0) is 39.4 Å². The number of hydrogen-bond acceptors (Lipinski definition) is 2. The van der Waals surface area contributed by atoms with Crippen molar-refractivity contribution in [1.82, 2.24) is 4.90 Å². The third kappa shape index (κ3) is 3.18. The molecule has 19 heavy (non-hydrogen) atoms. The van der Waals surface area contributed by atoms with E-state index in [1.807, 2.05) is 7.05 Å². The van der Waals surface area contributed by atoms with Crippen LogP contribution in [0, 0.1) is 23.3 Å². The summed E-state index contributed by atoms with van der Waals surface area (Å²) in [5.74, 6) is -5.49. The van der Waals surface area contributed by atoms with E-state index < -0.39 is 29.0 Å². The third-order valence-electron chi connectivity index (χ3n) is 3.41. The second-order valence-corrected chi connectivity index (χ2v) is 4.92. The lowest BCUT2D eigenvalue weighted by Crippen LogP contribution is -2.24. The molecular weight excluding hydrogens is 260 g/mol. The average Bonchev–Trinajstić information content (AvgIpc) is 2.57. The summed E-state index contributed by atoms with van der Waals surface area (Å²) in [7, 11) is 1.96. The molecule has 1 aliphatic heterocycles. The lowest BCUT2D eigenvalue weighted by atomic mass is 10.1. The minimum Gasteiger partial charge on any atom is -0.377 e. The molecule has 0 spiro atoms. The van der Waals surface area contributed by atoms with Crippen LogP contribution in [-0.4, -0.2) is 31.1 Å². The fourth-order valence-electron chi connectivity index (χ4n) is 2.29. The molecule has 1 aromatic rings. The number of nitrogens with one attached hydrogen (secondary N) is 1. The Balaban J connectivity index is 2.18. The van der Waals surface area contributed by atoms with Gasteiger partial charge in [0, 0.05) is 12.1 Å². The van der Waals surface area contributed by atoms with Gasteiger partial charge in [0.25, 0.3) is 0 Å². The molecule has 1 aromatic carbocycles. The predicted octanol–water partition coefficient (Wildman–Crippen LogP) is 3.14. The Morgan fingerprint density at radius 3 is 2.32 bits per heavy atom. The number of rotatable bonds is 2. The molecule has 1 fully saturated rings. The van der Waals surface area contributed by atoms with Gasteiger partial charge in [-0.2, -0.15) is 0 Å². The summed E-state index contributed by atoms with van der Waals surface area (Å²) in [4.78, 5) is 2.11. The Kier molecular flexibility index (Phi) is 4.29. The number of benzene rings is 1. The molecule has 1 unspecified atom stereocenters. The van der Waals surface area contributed by atoms with Crippen molar-refractivity contribution in [3.63, 3.8) is 0 Å². The first-order chi connectivity index (χ1) is 8.99. The van der Waals surface area contributed by atoms with E-state index in [0.717, 1.165) is 19.5 Å². The van der Waals surface area contributed by atoms with Crippen molar-refractivity contribution in [3.8, 4) is 0 Å². The number of likely N-dealkylation sites (tertiary alicyclic amines) is 1. The summed E-state index contributed by atoms with van der Waals surface area (Å²) in [6.45, 7) is 1.68. The molecule has 1 heterocycles. The largest absolute Gasteiger partial charge is 0.377 e. The fourth-order valence-corrected chi connectivity index (χ4v) is 2.29. The van der Waals surface area contributed by atoms with Gasteiger partial charge >= 0.3 is 0 Å². The summed E-state index contributed by atoms with van der Waals surface area (Å²) in [6.07, 6.45) is 2.25. The lowest BCUT2D eigenvalue weighted by Gasteiger charge is -2.19. The standard InChI is InChI=1S/C13H16F4N2/c1-19-5-2-3-8(4-6-19)18-13-11(16)9(14)7-10(15)12(13)17/h7-8,18H,2-6H2,1H3. The van der Waals surface area contributed by atoms with Crippen LogP contribution in [0.5, 0.6) is 0 Å². The first kappa shape index (κ1) is 14.1. The molecule has 2 nitrogen and oxygen atoms in total. The molecular formula is C13H16F4N2. The Labute approximate surface area is 109 Å². The molecule has 1 aliphatic rings. The summed E-state index contributed by atoms with van der Waals surface area (Å²) in [5, 5.41) is 2.60. The zero-order valence-electron chi connectivity index (χ0n) is 10.6. The van der Waals surface area contributed by atoms with Gasteiger partial charge in [0.1, 0.15) is 5.69 Å². The number of halogens is 4. The SMILES string of the molecule is CN1CCCC(Nc2c(F)c(F)cc(F)c2F)CC1. The first-order valence-corrected chi connectivity index (χ1v) is 6.27. The molecule has 2 rings (SSSR count). The van der Waals surface area contributed by atoms with E-state index in [-0.39, 0.29) is 12.1 Å². The minimum atomic E-state index is -1.38. The van der Waals surface area contributed by atoms with Gasteiger partial charge in [0.05, 0.1) is 0 Å². The summed E-state index contributed by atoms with van der Waals surface area (Å²) in [5.41, 5.74) is -0.702. The second kappa shape index (κ2) is 5.77. The molecule has 0 aliphatic carbocycles. The highest BCUT2D eigenvalue weighted by Gasteiger charge is 2.22. The highest BCUT2D eigenvalue weighted by atomic mass is 19.2. The van der Waals surface area contributed by atoms with Crippen molar-refractivity contribution >= 4 is 5.69 Å². The molecule has 106 valence electrons. The highest BCUT2D eigenvalue weighted by Crippen LogP contribution is 2.26. The second-order valence-electron chi connectivity index (χ2n) is 4.92. The lowest BCUT2D eigenvalue weighted by molar-refractivity contribution is 0.348. The number of nitrogens with zero attached hydrogens (tertiary/aromatic N) is 1. The van der Waals surface area contributed by atoms with Crippen LogP contribution in [0.2, 0.25) is 0 Å². The van der Waals surface area contributed by atoms with Crippen molar-refractivity contribution in [2.45, 2.75) is 25.3 Å². The van der Waals surface area contributed by atoms with Gasteiger partial charge in [0.15, 0.2) is 23.3 Å². The fraction of sp³-hybridized carbons (Fsp3) is 0.538. The van der Waals surface area contributed by atoms with Crippen LogP contribution in [-0.2, 0) is 0 Å². The normalized spacial score (nSPS) is 21.2. The van der Waals surface area contributed by atoms with Crippen LogP contribution in [0.15, 0.2) is 6.07 Å². The van der Waals surface area contributed by atoms with Gasteiger partial charge in [0.2, 0.25) is 0 Å². The van der Waals surface area contributed by atoms with Crippen LogP contribution >= 0.6 is 0 Å². The van der Waals surface area contributed by atoms with Crippen LogP contribution < -0.4 is 5.32 Å². The molecule has 0 radical (unpaired) electrons. The van der Waals surface area contributed by atoms with Crippen LogP contribution in [0.1, 0.15) is 19.3 Å². The molecule has 1 N–H and O–H groups in total. The van der Waals surface area contributed by atoms with Crippen LogP contribution in [0.3, 0.4) is 0 Å². The molecule has 1 atom stereocenters. The van der Waals surface area contributed by atoms with E-state index in [1.54, 1.807) is 0 Å². The summed E-state index contributed by atoms with van der Waals surface area (Å²) >= 11 is 0. The summed E-state index contributed by atoms with van der Waals surface area (Å²) in [6, 6.07) is 0.0339. The van der Waals surface area contributed by atoms with Gasteiger partial charge in [-0.25, -0.2) is 17.6 Å². The highest BCUT2D eigenvalue weighted by molar-refractivity contribution is 5.48. The van der Waals surface area contributed by atoms with Gasteiger partial charge in [-0.15, -0.1) is 0 Å². The Morgan fingerprint density at radius 2 is 1.68 bits per heavy atom. The summed E-state index contributed by atoms with van der Waals surface area (Å²) < 4.78 is 53.2. The van der Waals surface area contributed by atoms with E-state index in [4.69, 9.17) is 0 Å². The topological polar surface area (TPSA) is 15.3 Å². The van der Waals surface area contributed by atoms with Crippen LogP contribution in [0.4, 0.5) is 23.2 Å². The monoisotopic (exact) mass is 276 g/mol. The Hall–Kier alpha value is -1.30. The maximum absolute atomic E-state index is 13.5. The van der Waals surface area contributed by atoms with E-state index in [1.165, 1.54) is 0 Å². The van der Waals surface area contributed by atoms with E-state index in [2.05, 4.69) is 10.2 Å². The zero-order valence-corrected chi connectivity index (χ0v) is 10.6. The molecule has 0 amide bonds. The van der Waals surface area contributed by atoms with Crippen molar-refractivity contribution in [2.24, 2.45) is 0 Å². The van der Waals surface area contributed by atoms with Crippen molar-refractivity contribution in [1.29, 1.82) is 0 Å². The number of hydrogen-bond donors (Lipinski definition) is 1. The van der Waals surface area contributed by atoms with Gasteiger partial charge < -0.3 is 10.2 Å². The van der Waals surface area contributed by atoms with Crippen LogP contribution in [0.25, 0.3) is 0 Å². The van der Waals surface area contributed by atoms with Gasteiger partial charge in [-0.1, -0.05) is 0 Å². The maximum Gasteiger partial charge on any atom is 0.185 e. The van der Waals surface area contributed by atoms with Crippen molar-refractivity contribution in [3.05, 3.63) is 29.3 Å². The van der Waals surface area contributed by atoms with E-state index in [0.29, 0.717) is 12.8 Å². The Bertz CT molecular complexity index is 438. The smallest absolute Gasteiger partial charge is 0.185 e. The molecule has 1 saturated heterocycles. The van der Waals surface area contributed by atoms with E-state index >= 15 is 0 Å². The van der Waals surface area contributed by atoms with E-state index in [9.17, 15) is 17.6 Å². The first-order valence-electron chi connectivity index (χ1n) is 6.27. The average molecular weight is 276 g/mol. The molecule has 0 saturated carbocycles. The van der Waals surface area contributed by atoms with Crippen molar-refractivity contribution < 1.29 is 17.6 Å². The molecule has 6 heteroatoms. The molecule has 0 bridgehead atoms. The quantitative estimate of drug-likeness (QED) is 0.659. The van der Waals surface area contributed by atoms with Crippen molar-refractivity contribution in [2.75, 3.05) is 25.5 Å². The third-order valence-corrected chi connectivity index (χ3v) is 3.41.